The standard InChI is InChI=1S/C14H19ClN2O2/c1-2-3-8-13(18)16-9-10-17-14(19)11-6-4-5-7-12(11)15/h4-7H,2-3,8-10H2,1H3,(H,16,18)(H,17,19). The van der Waals surface area contributed by atoms with Gasteiger partial charge in [-0.1, -0.05) is 37.1 Å². The second-order valence-corrected chi connectivity index (χ2v) is 4.60. The van der Waals surface area contributed by atoms with Crippen LogP contribution in [-0.2, 0) is 4.79 Å². The number of hydrogen-bond donors (Lipinski definition) is 2. The summed E-state index contributed by atoms with van der Waals surface area (Å²) in [4.78, 5) is 23.1. The van der Waals surface area contributed by atoms with E-state index in [9.17, 15) is 9.59 Å². The molecule has 2 N–H and O–H groups in total. The highest BCUT2D eigenvalue weighted by molar-refractivity contribution is 6.33. The first-order valence-corrected chi connectivity index (χ1v) is 6.82. The summed E-state index contributed by atoms with van der Waals surface area (Å²) in [6.45, 7) is 2.86. The van der Waals surface area contributed by atoms with Crippen molar-refractivity contribution in [3.63, 3.8) is 0 Å². The smallest absolute Gasteiger partial charge is 0.252 e. The van der Waals surface area contributed by atoms with Crippen molar-refractivity contribution in [1.29, 1.82) is 0 Å². The molecule has 0 bridgehead atoms. The zero-order valence-corrected chi connectivity index (χ0v) is 11.8. The molecule has 1 aromatic rings. The summed E-state index contributed by atoms with van der Waals surface area (Å²) in [5.41, 5.74) is 0.446. The minimum Gasteiger partial charge on any atom is -0.354 e. The second-order valence-electron chi connectivity index (χ2n) is 4.19. The molecule has 0 saturated carbocycles. The molecule has 0 aliphatic heterocycles. The lowest BCUT2D eigenvalue weighted by Crippen LogP contribution is -2.34. The van der Waals surface area contributed by atoms with Crippen LogP contribution < -0.4 is 10.6 Å². The molecule has 5 heteroatoms. The van der Waals surface area contributed by atoms with Gasteiger partial charge in [0.1, 0.15) is 0 Å². The van der Waals surface area contributed by atoms with Crippen LogP contribution in [0.3, 0.4) is 0 Å². The number of carbonyl (C=O) groups is 2. The Balaban J connectivity index is 2.25. The molecule has 0 aromatic heterocycles. The predicted octanol–water partition coefficient (Wildman–Crippen LogP) is 2.38. The molecule has 0 aliphatic carbocycles. The van der Waals surface area contributed by atoms with Crippen LogP contribution in [0.5, 0.6) is 0 Å². The lowest BCUT2D eigenvalue weighted by atomic mass is 10.2. The van der Waals surface area contributed by atoms with Gasteiger partial charge in [0.15, 0.2) is 0 Å². The van der Waals surface area contributed by atoms with Crippen LogP contribution in [0.2, 0.25) is 5.02 Å². The molecule has 0 aliphatic rings. The molecular weight excluding hydrogens is 264 g/mol. The van der Waals surface area contributed by atoms with Gasteiger partial charge in [-0.05, 0) is 18.6 Å². The van der Waals surface area contributed by atoms with Crippen molar-refractivity contribution in [2.45, 2.75) is 26.2 Å². The van der Waals surface area contributed by atoms with Gasteiger partial charge in [0.25, 0.3) is 5.91 Å². The monoisotopic (exact) mass is 282 g/mol. The average Bonchev–Trinajstić information content (AvgIpc) is 2.41. The highest BCUT2D eigenvalue weighted by Crippen LogP contribution is 2.14. The maximum atomic E-state index is 11.8. The van der Waals surface area contributed by atoms with Crippen LogP contribution in [-0.4, -0.2) is 24.9 Å². The van der Waals surface area contributed by atoms with Crippen LogP contribution in [0.1, 0.15) is 36.5 Å². The van der Waals surface area contributed by atoms with E-state index < -0.39 is 0 Å². The van der Waals surface area contributed by atoms with Crippen molar-refractivity contribution in [2.24, 2.45) is 0 Å². The maximum Gasteiger partial charge on any atom is 0.252 e. The number of hydrogen-bond acceptors (Lipinski definition) is 2. The molecule has 0 saturated heterocycles. The third kappa shape index (κ3) is 5.75. The van der Waals surface area contributed by atoms with E-state index in [2.05, 4.69) is 10.6 Å². The molecule has 0 unspecified atom stereocenters. The van der Waals surface area contributed by atoms with Gasteiger partial charge in [-0.2, -0.15) is 0 Å². The molecule has 0 radical (unpaired) electrons. The summed E-state index contributed by atoms with van der Waals surface area (Å²) in [6, 6.07) is 6.86. The van der Waals surface area contributed by atoms with Gasteiger partial charge in [-0.25, -0.2) is 0 Å². The predicted molar refractivity (Wildman–Crippen MR) is 76.3 cm³/mol. The van der Waals surface area contributed by atoms with E-state index in [4.69, 9.17) is 11.6 Å². The van der Waals surface area contributed by atoms with Crippen molar-refractivity contribution < 1.29 is 9.59 Å². The first kappa shape index (κ1) is 15.5. The first-order valence-electron chi connectivity index (χ1n) is 6.44. The van der Waals surface area contributed by atoms with Crippen molar-refractivity contribution in [3.05, 3.63) is 34.9 Å². The number of benzene rings is 1. The average molecular weight is 283 g/mol. The minimum absolute atomic E-state index is 0.0221. The van der Waals surface area contributed by atoms with Crippen LogP contribution in [0.15, 0.2) is 24.3 Å². The summed E-state index contributed by atoms with van der Waals surface area (Å²) in [5, 5.41) is 5.89. The molecule has 0 atom stereocenters. The Hall–Kier alpha value is -1.55. The normalized spacial score (nSPS) is 10.0. The molecule has 19 heavy (non-hydrogen) atoms. The van der Waals surface area contributed by atoms with E-state index >= 15 is 0 Å². The fourth-order valence-corrected chi connectivity index (χ4v) is 1.77. The van der Waals surface area contributed by atoms with E-state index in [1.165, 1.54) is 0 Å². The molecule has 0 heterocycles. The Morgan fingerprint density at radius 3 is 2.53 bits per heavy atom. The van der Waals surface area contributed by atoms with Crippen molar-refractivity contribution in [2.75, 3.05) is 13.1 Å². The molecule has 2 amide bonds. The van der Waals surface area contributed by atoms with Crippen molar-refractivity contribution >= 4 is 23.4 Å². The Morgan fingerprint density at radius 1 is 1.16 bits per heavy atom. The number of nitrogens with one attached hydrogen (secondary N) is 2. The third-order valence-corrected chi connectivity index (χ3v) is 2.94. The fourth-order valence-electron chi connectivity index (χ4n) is 1.54. The summed E-state index contributed by atoms with van der Waals surface area (Å²) in [6.07, 6.45) is 2.42. The SMILES string of the molecule is CCCCC(=O)NCCNC(=O)c1ccccc1Cl. The Labute approximate surface area is 118 Å². The first-order chi connectivity index (χ1) is 9.15. The topological polar surface area (TPSA) is 58.2 Å². The fraction of sp³-hybridized carbons (Fsp3) is 0.429. The largest absolute Gasteiger partial charge is 0.354 e. The number of unbranched alkanes of at least 4 members (excludes halogenated alkanes) is 1. The maximum absolute atomic E-state index is 11.8. The molecule has 104 valence electrons. The zero-order valence-electron chi connectivity index (χ0n) is 11.0. The van der Waals surface area contributed by atoms with E-state index in [-0.39, 0.29) is 11.8 Å². The van der Waals surface area contributed by atoms with E-state index in [1.54, 1.807) is 24.3 Å². The Kier molecular flexibility index (Phi) is 6.97. The van der Waals surface area contributed by atoms with Crippen LogP contribution >= 0.6 is 11.6 Å². The van der Waals surface area contributed by atoms with Crippen molar-refractivity contribution in [1.82, 2.24) is 10.6 Å². The van der Waals surface area contributed by atoms with Gasteiger partial charge in [-0.3, -0.25) is 9.59 Å². The van der Waals surface area contributed by atoms with Crippen LogP contribution in [0.25, 0.3) is 0 Å². The van der Waals surface area contributed by atoms with Gasteiger partial charge in [-0.15, -0.1) is 0 Å². The van der Waals surface area contributed by atoms with Crippen molar-refractivity contribution in [3.8, 4) is 0 Å². The molecule has 1 aromatic carbocycles. The van der Waals surface area contributed by atoms with Crippen LogP contribution in [0, 0.1) is 0 Å². The Bertz CT molecular complexity index is 435. The van der Waals surface area contributed by atoms with Gasteiger partial charge in [0.05, 0.1) is 10.6 Å². The van der Waals surface area contributed by atoms with E-state index in [0.717, 1.165) is 12.8 Å². The van der Waals surface area contributed by atoms with Crippen LogP contribution in [0.4, 0.5) is 0 Å². The lowest BCUT2D eigenvalue weighted by molar-refractivity contribution is -0.121. The highest BCUT2D eigenvalue weighted by Gasteiger charge is 2.08. The number of carbonyl (C=O) groups excluding carboxylic acids is 2. The molecule has 4 nitrogen and oxygen atoms in total. The zero-order chi connectivity index (χ0) is 14.1. The van der Waals surface area contributed by atoms with Gasteiger partial charge < -0.3 is 10.6 Å². The molecular formula is C14H19ClN2O2. The quantitative estimate of drug-likeness (QED) is 0.755. The lowest BCUT2D eigenvalue weighted by Gasteiger charge is -2.07. The third-order valence-electron chi connectivity index (χ3n) is 2.61. The second kappa shape index (κ2) is 8.53. The molecule has 1 rings (SSSR count). The number of halogens is 1. The highest BCUT2D eigenvalue weighted by atomic mass is 35.5. The summed E-state index contributed by atoms with van der Waals surface area (Å²) >= 11 is 5.91. The van der Waals surface area contributed by atoms with E-state index in [0.29, 0.717) is 30.1 Å². The summed E-state index contributed by atoms with van der Waals surface area (Å²) in [5.74, 6) is -0.206. The number of amides is 2. The van der Waals surface area contributed by atoms with Gasteiger partial charge >= 0.3 is 0 Å². The summed E-state index contributed by atoms with van der Waals surface area (Å²) < 4.78 is 0. The molecule has 0 fully saturated rings. The molecule has 0 spiro atoms. The Morgan fingerprint density at radius 2 is 1.84 bits per heavy atom. The van der Waals surface area contributed by atoms with Gasteiger partial charge in [0, 0.05) is 19.5 Å². The minimum atomic E-state index is -0.228. The summed E-state index contributed by atoms with van der Waals surface area (Å²) in [7, 11) is 0. The number of rotatable bonds is 7. The van der Waals surface area contributed by atoms with E-state index in [1.807, 2.05) is 6.92 Å². The van der Waals surface area contributed by atoms with Gasteiger partial charge in [0.2, 0.25) is 5.91 Å².